The van der Waals surface area contributed by atoms with Gasteiger partial charge in [-0.05, 0) is 17.7 Å². The number of hydrogen-bond donors (Lipinski definition) is 1. The summed E-state index contributed by atoms with van der Waals surface area (Å²) in [5.74, 6) is -0.349. The molecule has 0 aromatic heterocycles. The van der Waals surface area contributed by atoms with Gasteiger partial charge in [0.05, 0.1) is 0 Å². The molecule has 0 aliphatic heterocycles. The van der Waals surface area contributed by atoms with Crippen LogP contribution >= 0.6 is 0 Å². The first-order valence-electron chi connectivity index (χ1n) is 4.41. The summed E-state index contributed by atoms with van der Waals surface area (Å²) >= 11 is 0. The Labute approximate surface area is 90.0 Å². The molecular formula is C10H10F3NO2. The summed E-state index contributed by atoms with van der Waals surface area (Å²) in [6.45, 7) is 1.20. The van der Waals surface area contributed by atoms with Gasteiger partial charge in [0.25, 0.3) is 0 Å². The van der Waals surface area contributed by atoms with Crippen molar-refractivity contribution < 1.29 is 22.7 Å². The summed E-state index contributed by atoms with van der Waals surface area (Å²) in [5.41, 5.74) is 4.91. The van der Waals surface area contributed by atoms with Crippen molar-refractivity contribution in [1.29, 1.82) is 0 Å². The fourth-order valence-electron chi connectivity index (χ4n) is 1.10. The van der Waals surface area contributed by atoms with Crippen LogP contribution in [0.5, 0.6) is 5.75 Å². The van der Waals surface area contributed by atoms with Crippen LogP contribution in [0.4, 0.5) is 13.2 Å². The highest BCUT2D eigenvalue weighted by Crippen LogP contribution is 2.31. The van der Waals surface area contributed by atoms with Gasteiger partial charge >= 0.3 is 12.1 Å². The van der Waals surface area contributed by atoms with E-state index in [4.69, 9.17) is 5.73 Å². The van der Waals surface area contributed by atoms with E-state index in [1.54, 1.807) is 0 Å². The van der Waals surface area contributed by atoms with Crippen LogP contribution in [0, 0.1) is 0 Å². The van der Waals surface area contributed by atoms with E-state index in [0.717, 1.165) is 0 Å². The Morgan fingerprint density at radius 2 is 1.81 bits per heavy atom. The molecule has 1 atom stereocenters. The molecular weight excluding hydrogens is 223 g/mol. The molecule has 0 saturated carbocycles. The van der Waals surface area contributed by atoms with Crippen LogP contribution in [-0.2, 0) is 4.79 Å². The topological polar surface area (TPSA) is 52.3 Å². The SMILES string of the molecule is CC(=O)Oc1ccc([C@H](N)C(F)(F)F)cc1. The lowest BCUT2D eigenvalue weighted by Gasteiger charge is -2.15. The smallest absolute Gasteiger partial charge is 0.407 e. The number of benzene rings is 1. The van der Waals surface area contributed by atoms with Crippen LogP contribution in [0.15, 0.2) is 24.3 Å². The molecule has 0 bridgehead atoms. The summed E-state index contributed by atoms with van der Waals surface area (Å²) in [4.78, 5) is 10.6. The Morgan fingerprint density at radius 3 is 2.19 bits per heavy atom. The van der Waals surface area contributed by atoms with Crippen LogP contribution in [0.2, 0.25) is 0 Å². The van der Waals surface area contributed by atoms with E-state index in [1.165, 1.54) is 31.2 Å². The molecule has 1 rings (SSSR count). The summed E-state index contributed by atoms with van der Waals surface area (Å²) < 4.78 is 41.4. The lowest BCUT2D eigenvalue weighted by atomic mass is 10.1. The molecule has 0 saturated heterocycles. The molecule has 0 fully saturated rings. The van der Waals surface area contributed by atoms with Gasteiger partial charge in [-0.25, -0.2) is 0 Å². The van der Waals surface area contributed by atoms with Crippen molar-refractivity contribution in [3.8, 4) is 5.75 Å². The average molecular weight is 233 g/mol. The third kappa shape index (κ3) is 3.23. The van der Waals surface area contributed by atoms with Crippen molar-refractivity contribution in [3.63, 3.8) is 0 Å². The lowest BCUT2D eigenvalue weighted by Crippen LogP contribution is -2.28. The Kier molecular flexibility index (Phi) is 3.54. The highest BCUT2D eigenvalue weighted by Gasteiger charge is 2.37. The lowest BCUT2D eigenvalue weighted by molar-refractivity contribution is -0.149. The summed E-state index contributed by atoms with van der Waals surface area (Å²) in [6, 6.07) is 2.86. The summed E-state index contributed by atoms with van der Waals surface area (Å²) in [7, 11) is 0. The van der Waals surface area contributed by atoms with Gasteiger partial charge < -0.3 is 10.5 Å². The van der Waals surface area contributed by atoms with Gasteiger partial charge in [0.2, 0.25) is 0 Å². The standard InChI is InChI=1S/C10H10F3NO2/c1-6(15)16-8-4-2-7(3-5-8)9(14)10(11,12)13/h2-5,9H,14H2,1H3/t9-/m0/s1. The molecule has 16 heavy (non-hydrogen) atoms. The number of hydrogen-bond acceptors (Lipinski definition) is 3. The molecule has 6 heteroatoms. The third-order valence-electron chi connectivity index (χ3n) is 1.85. The first kappa shape index (κ1) is 12.5. The minimum Gasteiger partial charge on any atom is -0.427 e. The van der Waals surface area contributed by atoms with Crippen molar-refractivity contribution in [2.75, 3.05) is 0 Å². The van der Waals surface area contributed by atoms with Gasteiger partial charge in [0.1, 0.15) is 11.8 Å². The average Bonchev–Trinajstić information content (AvgIpc) is 2.15. The first-order valence-corrected chi connectivity index (χ1v) is 4.41. The summed E-state index contributed by atoms with van der Waals surface area (Å²) in [5, 5.41) is 0. The van der Waals surface area contributed by atoms with Crippen molar-refractivity contribution in [2.24, 2.45) is 5.73 Å². The number of carbonyl (C=O) groups is 1. The number of nitrogens with two attached hydrogens (primary N) is 1. The van der Waals surface area contributed by atoms with Gasteiger partial charge in [0.15, 0.2) is 0 Å². The number of carbonyl (C=O) groups excluding carboxylic acids is 1. The zero-order valence-corrected chi connectivity index (χ0v) is 8.41. The maximum absolute atomic E-state index is 12.2. The van der Waals surface area contributed by atoms with Gasteiger partial charge in [0, 0.05) is 6.92 Å². The molecule has 0 amide bonds. The van der Waals surface area contributed by atoms with Crippen molar-refractivity contribution in [2.45, 2.75) is 19.1 Å². The third-order valence-corrected chi connectivity index (χ3v) is 1.85. The monoisotopic (exact) mass is 233 g/mol. The minimum absolute atomic E-state index is 0.0802. The molecule has 0 aliphatic rings. The van der Waals surface area contributed by atoms with E-state index in [-0.39, 0.29) is 11.3 Å². The largest absolute Gasteiger partial charge is 0.427 e. The van der Waals surface area contributed by atoms with Gasteiger partial charge in [-0.1, -0.05) is 12.1 Å². The Morgan fingerprint density at radius 1 is 1.31 bits per heavy atom. The van der Waals surface area contributed by atoms with Crippen LogP contribution in [0.25, 0.3) is 0 Å². The maximum atomic E-state index is 12.2. The van der Waals surface area contributed by atoms with Crippen LogP contribution in [0.3, 0.4) is 0 Å². The van der Waals surface area contributed by atoms with E-state index >= 15 is 0 Å². The van der Waals surface area contributed by atoms with E-state index < -0.39 is 18.2 Å². The second-order valence-electron chi connectivity index (χ2n) is 3.18. The first-order chi connectivity index (χ1) is 7.30. The van der Waals surface area contributed by atoms with Crippen LogP contribution in [-0.4, -0.2) is 12.1 Å². The van der Waals surface area contributed by atoms with Crippen LogP contribution in [0.1, 0.15) is 18.5 Å². The highest BCUT2D eigenvalue weighted by atomic mass is 19.4. The fraction of sp³-hybridized carbons (Fsp3) is 0.300. The number of halogens is 3. The summed E-state index contributed by atoms with van der Waals surface area (Å²) in [6.07, 6.45) is -4.48. The molecule has 0 unspecified atom stereocenters. The Hall–Kier alpha value is -1.56. The second kappa shape index (κ2) is 4.52. The Bertz CT molecular complexity index is 373. The Balaban J connectivity index is 2.83. The van der Waals surface area contributed by atoms with Crippen molar-refractivity contribution in [1.82, 2.24) is 0 Å². The van der Waals surface area contributed by atoms with Gasteiger partial charge in [-0.15, -0.1) is 0 Å². The van der Waals surface area contributed by atoms with E-state index in [2.05, 4.69) is 4.74 Å². The van der Waals surface area contributed by atoms with E-state index in [1.807, 2.05) is 0 Å². The zero-order chi connectivity index (χ0) is 12.3. The molecule has 3 nitrogen and oxygen atoms in total. The molecule has 1 aromatic rings. The quantitative estimate of drug-likeness (QED) is 0.629. The van der Waals surface area contributed by atoms with Crippen LogP contribution < -0.4 is 10.5 Å². The minimum atomic E-state index is -4.48. The van der Waals surface area contributed by atoms with E-state index in [0.29, 0.717) is 0 Å². The van der Waals surface area contributed by atoms with E-state index in [9.17, 15) is 18.0 Å². The maximum Gasteiger partial charge on any atom is 0.407 e. The number of alkyl halides is 3. The zero-order valence-electron chi connectivity index (χ0n) is 8.41. The van der Waals surface area contributed by atoms with Gasteiger partial charge in [-0.3, -0.25) is 4.79 Å². The van der Waals surface area contributed by atoms with Crippen molar-refractivity contribution >= 4 is 5.97 Å². The number of rotatable bonds is 2. The molecule has 2 N–H and O–H groups in total. The van der Waals surface area contributed by atoms with Gasteiger partial charge in [-0.2, -0.15) is 13.2 Å². The number of esters is 1. The molecule has 88 valence electrons. The molecule has 0 radical (unpaired) electrons. The molecule has 0 spiro atoms. The fourth-order valence-corrected chi connectivity index (χ4v) is 1.10. The molecule has 0 aliphatic carbocycles. The molecule has 1 aromatic carbocycles. The number of ether oxygens (including phenoxy) is 1. The predicted molar refractivity (Wildman–Crippen MR) is 50.7 cm³/mol. The van der Waals surface area contributed by atoms with Crippen molar-refractivity contribution in [3.05, 3.63) is 29.8 Å². The second-order valence-corrected chi connectivity index (χ2v) is 3.18. The predicted octanol–water partition coefficient (Wildman–Crippen LogP) is 2.17. The molecule has 0 heterocycles. The normalized spacial score (nSPS) is 13.3. The highest BCUT2D eigenvalue weighted by molar-refractivity contribution is 5.69.